The summed E-state index contributed by atoms with van der Waals surface area (Å²) >= 11 is 0. The minimum Gasteiger partial charge on any atom is -0.481 e. The van der Waals surface area contributed by atoms with Crippen LogP contribution in [0.4, 0.5) is 0 Å². The van der Waals surface area contributed by atoms with Gasteiger partial charge in [-0.3, -0.25) is 10.6 Å². The fraction of sp³-hybridized carbons (Fsp3) is 0.875. The SMILES string of the molecule is CC(=O)O.CCN1CCN(N)CC1. The van der Waals surface area contributed by atoms with Gasteiger partial charge in [0.25, 0.3) is 5.97 Å². The van der Waals surface area contributed by atoms with Gasteiger partial charge >= 0.3 is 0 Å². The van der Waals surface area contributed by atoms with Crippen molar-refractivity contribution in [3.05, 3.63) is 0 Å². The van der Waals surface area contributed by atoms with Gasteiger partial charge in [-0.2, -0.15) is 0 Å². The van der Waals surface area contributed by atoms with Gasteiger partial charge in [-0.25, -0.2) is 5.01 Å². The minimum absolute atomic E-state index is 0.833. The molecule has 0 saturated carbocycles. The van der Waals surface area contributed by atoms with E-state index in [1.165, 1.54) is 0 Å². The van der Waals surface area contributed by atoms with Gasteiger partial charge in [0.2, 0.25) is 0 Å². The number of nitrogens with zero attached hydrogens (tertiary/aromatic N) is 2. The summed E-state index contributed by atoms with van der Waals surface area (Å²) in [4.78, 5) is 11.4. The van der Waals surface area contributed by atoms with Gasteiger partial charge in [0.1, 0.15) is 0 Å². The molecule has 0 aromatic carbocycles. The smallest absolute Gasteiger partial charge is 0.300 e. The lowest BCUT2D eigenvalue weighted by atomic mass is 10.3. The van der Waals surface area contributed by atoms with Gasteiger partial charge in [-0.1, -0.05) is 6.92 Å². The van der Waals surface area contributed by atoms with E-state index < -0.39 is 5.97 Å². The molecule has 3 N–H and O–H groups in total. The fourth-order valence-electron chi connectivity index (χ4n) is 1.08. The largest absolute Gasteiger partial charge is 0.481 e. The number of hydrazine groups is 1. The molecular weight excluding hydrogens is 170 g/mol. The van der Waals surface area contributed by atoms with Crippen molar-refractivity contribution in [2.24, 2.45) is 5.84 Å². The maximum Gasteiger partial charge on any atom is 0.300 e. The Morgan fingerprint density at radius 2 is 1.77 bits per heavy atom. The van der Waals surface area contributed by atoms with Crippen LogP contribution in [0.5, 0.6) is 0 Å². The highest BCUT2D eigenvalue weighted by molar-refractivity contribution is 5.62. The first-order chi connectivity index (χ1) is 6.06. The van der Waals surface area contributed by atoms with Crippen LogP contribution in [0.2, 0.25) is 0 Å². The summed E-state index contributed by atoms with van der Waals surface area (Å²) in [5, 5.41) is 9.30. The molecule has 1 aliphatic rings. The van der Waals surface area contributed by atoms with Crippen molar-refractivity contribution in [1.82, 2.24) is 9.91 Å². The first-order valence-electron chi connectivity index (χ1n) is 4.47. The molecular formula is C8H19N3O2. The van der Waals surface area contributed by atoms with E-state index in [1.807, 2.05) is 5.01 Å². The Kier molecular flexibility index (Phi) is 6.48. The molecule has 5 nitrogen and oxygen atoms in total. The first kappa shape index (κ1) is 12.3. The number of carboxylic acid groups (broad SMARTS) is 1. The predicted molar refractivity (Wildman–Crippen MR) is 51.2 cm³/mol. The Hall–Kier alpha value is -0.650. The van der Waals surface area contributed by atoms with Crippen LogP contribution in [0.1, 0.15) is 13.8 Å². The summed E-state index contributed by atoms with van der Waals surface area (Å²) in [6.45, 7) is 8.74. The van der Waals surface area contributed by atoms with Crippen molar-refractivity contribution in [3.63, 3.8) is 0 Å². The van der Waals surface area contributed by atoms with Gasteiger partial charge in [-0.15, -0.1) is 0 Å². The molecule has 13 heavy (non-hydrogen) atoms. The molecule has 0 bridgehead atoms. The van der Waals surface area contributed by atoms with E-state index in [0.29, 0.717) is 0 Å². The van der Waals surface area contributed by atoms with Gasteiger partial charge in [0, 0.05) is 33.1 Å². The zero-order valence-corrected chi connectivity index (χ0v) is 8.36. The number of carbonyl (C=O) groups is 1. The molecule has 1 fully saturated rings. The number of nitrogens with two attached hydrogens (primary N) is 1. The van der Waals surface area contributed by atoms with Gasteiger partial charge in [0.05, 0.1) is 0 Å². The third-order valence-electron chi connectivity index (χ3n) is 1.85. The molecule has 0 aromatic rings. The number of hydrogen-bond acceptors (Lipinski definition) is 4. The van der Waals surface area contributed by atoms with Crippen molar-refractivity contribution in [2.45, 2.75) is 13.8 Å². The number of aliphatic carboxylic acids is 1. The highest BCUT2D eigenvalue weighted by Crippen LogP contribution is 1.94. The van der Waals surface area contributed by atoms with Crippen LogP contribution in [0.25, 0.3) is 0 Å². The average Bonchev–Trinajstić information content (AvgIpc) is 2.05. The van der Waals surface area contributed by atoms with E-state index in [1.54, 1.807) is 0 Å². The monoisotopic (exact) mass is 189 g/mol. The van der Waals surface area contributed by atoms with Crippen LogP contribution in [0.3, 0.4) is 0 Å². The van der Waals surface area contributed by atoms with Gasteiger partial charge in [0.15, 0.2) is 0 Å². The standard InChI is InChI=1S/C6H15N3.C2H4O2/c1-2-8-3-5-9(7)6-4-8;1-2(3)4/h2-7H2,1H3;1H3,(H,3,4). The summed E-state index contributed by atoms with van der Waals surface area (Å²) in [5.41, 5.74) is 0. The number of hydrogen-bond donors (Lipinski definition) is 2. The second-order valence-corrected chi connectivity index (χ2v) is 2.99. The van der Waals surface area contributed by atoms with E-state index >= 15 is 0 Å². The van der Waals surface area contributed by atoms with Crippen LogP contribution < -0.4 is 5.84 Å². The van der Waals surface area contributed by atoms with Crippen LogP contribution in [0, 0.1) is 0 Å². The molecule has 0 aromatic heterocycles. The molecule has 1 aliphatic heterocycles. The zero-order chi connectivity index (χ0) is 10.3. The van der Waals surface area contributed by atoms with Gasteiger partial charge < -0.3 is 10.0 Å². The van der Waals surface area contributed by atoms with E-state index in [4.69, 9.17) is 15.7 Å². The lowest BCUT2D eigenvalue weighted by molar-refractivity contribution is -0.134. The lowest BCUT2D eigenvalue weighted by Crippen LogP contribution is -2.49. The Bertz CT molecular complexity index is 140. The third kappa shape index (κ3) is 7.70. The molecule has 78 valence electrons. The summed E-state index contributed by atoms with van der Waals surface area (Å²) in [6, 6.07) is 0. The molecule has 0 unspecified atom stereocenters. The van der Waals surface area contributed by atoms with Crippen LogP contribution in [-0.4, -0.2) is 53.7 Å². The third-order valence-corrected chi connectivity index (χ3v) is 1.85. The Balaban J connectivity index is 0.000000310. The number of carboxylic acids is 1. The molecule has 1 heterocycles. The highest BCUT2D eigenvalue weighted by atomic mass is 16.4. The van der Waals surface area contributed by atoms with Crippen molar-refractivity contribution in [2.75, 3.05) is 32.7 Å². The first-order valence-corrected chi connectivity index (χ1v) is 4.47. The highest BCUT2D eigenvalue weighted by Gasteiger charge is 2.10. The number of rotatable bonds is 1. The molecule has 0 aliphatic carbocycles. The Labute approximate surface area is 79.1 Å². The van der Waals surface area contributed by atoms with E-state index in [0.717, 1.165) is 39.6 Å². The van der Waals surface area contributed by atoms with E-state index in [-0.39, 0.29) is 0 Å². The average molecular weight is 189 g/mol. The van der Waals surface area contributed by atoms with Crippen LogP contribution in [0.15, 0.2) is 0 Å². The molecule has 0 radical (unpaired) electrons. The van der Waals surface area contributed by atoms with Crippen LogP contribution >= 0.6 is 0 Å². The predicted octanol–water partition coefficient (Wildman–Crippen LogP) is -0.411. The Morgan fingerprint density at radius 1 is 1.38 bits per heavy atom. The van der Waals surface area contributed by atoms with Crippen molar-refractivity contribution < 1.29 is 9.90 Å². The second kappa shape index (κ2) is 6.82. The van der Waals surface area contributed by atoms with Crippen molar-refractivity contribution >= 4 is 5.97 Å². The molecule has 5 heteroatoms. The maximum absolute atomic E-state index is 9.00. The lowest BCUT2D eigenvalue weighted by Gasteiger charge is -2.30. The fourth-order valence-corrected chi connectivity index (χ4v) is 1.08. The zero-order valence-electron chi connectivity index (χ0n) is 8.36. The topological polar surface area (TPSA) is 69.8 Å². The molecule has 0 atom stereocenters. The number of piperazine rings is 1. The van der Waals surface area contributed by atoms with E-state index in [2.05, 4.69) is 11.8 Å². The normalized spacial score (nSPS) is 19.0. The van der Waals surface area contributed by atoms with Gasteiger partial charge in [-0.05, 0) is 6.54 Å². The van der Waals surface area contributed by atoms with Crippen molar-refractivity contribution in [1.29, 1.82) is 0 Å². The molecule has 1 rings (SSSR count). The number of likely N-dealkylation sites (N-methyl/N-ethyl adjacent to an activating group) is 1. The maximum atomic E-state index is 9.00. The quantitative estimate of drug-likeness (QED) is 0.549. The summed E-state index contributed by atoms with van der Waals surface area (Å²) in [5.74, 6) is 4.72. The van der Waals surface area contributed by atoms with E-state index in [9.17, 15) is 0 Å². The Morgan fingerprint density at radius 3 is 2.08 bits per heavy atom. The summed E-state index contributed by atoms with van der Waals surface area (Å²) < 4.78 is 0. The minimum atomic E-state index is -0.833. The van der Waals surface area contributed by atoms with Crippen molar-refractivity contribution in [3.8, 4) is 0 Å². The molecule has 0 spiro atoms. The van der Waals surface area contributed by atoms with Crippen LogP contribution in [-0.2, 0) is 4.79 Å². The summed E-state index contributed by atoms with van der Waals surface area (Å²) in [6.07, 6.45) is 0. The molecule has 0 amide bonds. The molecule has 1 saturated heterocycles. The summed E-state index contributed by atoms with van der Waals surface area (Å²) in [7, 11) is 0. The second-order valence-electron chi connectivity index (χ2n) is 2.99.